The van der Waals surface area contributed by atoms with Gasteiger partial charge in [0, 0.05) is 38.3 Å². The molecule has 534 valence electrons. The van der Waals surface area contributed by atoms with Crippen molar-refractivity contribution in [2.75, 3.05) is 52.8 Å². The number of nitrogens with zero attached hydrogens (tertiary/aromatic N) is 2. The number of aliphatic hydroxyl groups is 20. The van der Waals surface area contributed by atoms with E-state index in [1.165, 1.54) is 17.1 Å². The lowest BCUT2D eigenvalue weighted by Gasteiger charge is -2.50. The van der Waals surface area contributed by atoms with Crippen LogP contribution in [0.1, 0.15) is 12.1 Å². The molecule has 93 heavy (non-hydrogen) atoms. The molecule has 0 saturated carbocycles. The number of imidazole rings is 1. The van der Waals surface area contributed by atoms with Crippen molar-refractivity contribution >= 4 is 11.9 Å². The Bertz CT molecular complexity index is 2500. The van der Waals surface area contributed by atoms with E-state index in [2.05, 4.69) is 15.6 Å². The monoisotopic (exact) mass is 1360 g/mol. The number of carboxylic acids is 1. The number of aliphatic carboxylic acids is 1. The molecule has 41 heteroatoms. The number of aliphatic hydroxyl groups excluding tert-OH is 20. The molecule has 21 aliphatic heterocycles. The number of carboxylic acid groups (broad SMARTS) is 1. The summed E-state index contributed by atoms with van der Waals surface area (Å²) in [6.07, 6.45) is -67.4. The van der Waals surface area contributed by atoms with Crippen LogP contribution in [-0.2, 0) is 89.4 Å². The molecule has 41 nitrogen and oxygen atoms in total. The number of amides is 1. The maximum Gasteiger partial charge on any atom is 0.326 e. The summed E-state index contributed by atoms with van der Waals surface area (Å²) in [4.78, 5) is 29.6. The Kier molecular flexibility index (Phi) is 25.6. The second-order valence-electron chi connectivity index (χ2n) is 23.5. The molecule has 0 aromatic carbocycles. The van der Waals surface area contributed by atoms with Crippen LogP contribution in [0.15, 0.2) is 12.5 Å². The number of hydrogen-bond acceptors (Lipinski definition) is 38. The van der Waals surface area contributed by atoms with Crippen LogP contribution in [0.4, 0.5) is 0 Å². The van der Waals surface area contributed by atoms with Gasteiger partial charge in [-0.1, -0.05) is 0 Å². The van der Waals surface area contributed by atoms with E-state index in [4.69, 9.17) is 66.3 Å². The number of ether oxygens (including phenoxy) is 14. The molecule has 1 amide bonds. The summed E-state index contributed by atoms with van der Waals surface area (Å²) in [6.45, 7) is -8.05. The zero-order valence-electron chi connectivity index (χ0n) is 49.3. The van der Waals surface area contributed by atoms with Gasteiger partial charge in [0.05, 0.1) is 58.6 Å². The van der Waals surface area contributed by atoms with Crippen molar-refractivity contribution in [3.63, 3.8) is 0 Å². The van der Waals surface area contributed by atoms with Crippen LogP contribution in [0.3, 0.4) is 0 Å². The van der Waals surface area contributed by atoms with Gasteiger partial charge in [0.25, 0.3) is 0 Å². The Morgan fingerprint density at radius 2 is 0.667 bits per heavy atom. The lowest BCUT2D eigenvalue weighted by molar-refractivity contribution is -0.396. The molecule has 1 aromatic rings. The molecule has 36 atom stereocenters. The topological polar surface area (TPSA) is 630 Å². The molecule has 22 rings (SSSR count). The van der Waals surface area contributed by atoms with Crippen molar-refractivity contribution in [3.8, 4) is 0 Å². The van der Waals surface area contributed by atoms with Gasteiger partial charge in [0.1, 0.15) is 171 Å². The van der Waals surface area contributed by atoms with E-state index in [9.17, 15) is 117 Å². The van der Waals surface area contributed by atoms with E-state index in [0.717, 1.165) is 0 Å². The van der Waals surface area contributed by atoms with Crippen LogP contribution in [0.5, 0.6) is 0 Å². The Labute approximate surface area is 526 Å². The van der Waals surface area contributed by atoms with E-state index in [1.54, 1.807) is 7.05 Å². The lowest BCUT2D eigenvalue weighted by Crippen LogP contribution is -2.70. The predicted octanol–water partition coefficient (Wildman–Crippen LogP) is -15.7. The first kappa shape index (κ1) is 74.0. The summed E-state index contributed by atoms with van der Waals surface area (Å²) in [7, 11) is 1.60. The molecule has 21 fully saturated rings. The molecule has 23 N–H and O–H groups in total. The molecule has 21 aliphatic rings. The highest BCUT2D eigenvalue weighted by molar-refractivity contribution is 5.83. The fourth-order valence-corrected chi connectivity index (χ4v) is 12.3. The molecule has 0 spiro atoms. The molecular weight excluding hydrogens is 1270 g/mol. The fourth-order valence-electron chi connectivity index (χ4n) is 12.3. The molecule has 0 radical (unpaired) electrons. The summed E-state index contributed by atoms with van der Waals surface area (Å²) >= 11 is 0. The van der Waals surface area contributed by atoms with Gasteiger partial charge < -0.3 is 189 Å². The third-order valence-corrected chi connectivity index (χ3v) is 17.5. The van der Waals surface area contributed by atoms with Gasteiger partial charge in [0.2, 0.25) is 5.91 Å². The van der Waals surface area contributed by atoms with Crippen molar-refractivity contribution in [1.29, 1.82) is 0 Å². The lowest BCUT2D eigenvalue weighted by atomic mass is 9.93. The Balaban J connectivity index is 1.01. The van der Waals surface area contributed by atoms with Gasteiger partial charge in [-0.15, -0.1) is 0 Å². The van der Waals surface area contributed by atoms with E-state index in [-0.39, 0.29) is 6.42 Å². The fraction of sp³-hybridized carbons (Fsp3) is 0.904. The normalized spacial score (nSPS) is 48.1. The maximum absolute atomic E-state index is 13.4. The van der Waals surface area contributed by atoms with Crippen molar-refractivity contribution < 1.29 is 183 Å². The van der Waals surface area contributed by atoms with Crippen LogP contribution in [-0.4, -0.2) is 402 Å². The van der Waals surface area contributed by atoms with E-state index >= 15 is 0 Å². The number of aryl methyl sites for hydroxylation is 1. The first-order valence-electron chi connectivity index (χ1n) is 29.8. The summed E-state index contributed by atoms with van der Waals surface area (Å²) in [6, 6.07) is -3.17. The van der Waals surface area contributed by atoms with Crippen molar-refractivity contribution in [1.82, 2.24) is 20.2 Å². The SMILES string of the molecule is Cn1cncc1C[C@H](NC(=O)CCN[C@@H]1[C@@H](O)[C@H]2O[C@H]3[C@H](O)[C@@H](O)[C@@H](O[C@H]4[C@H](O)[C@@H](O)[C@@H](O[C@H]5[C@H](O)[C@@H](O)[C@@H](O[C@H]6[C@H](O)[C@@H](O)[C@@H](O[C@H]7[C@H](O)[C@@H](O)[C@@H](O[C@H]8[C@H](O)[C@@H](O)[C@@H](O[C@@H]1[C@@H](CO)O2)O[C@@H]8CO)O[C@@H]7CO)O[C@@H]6CO)O[C@@H]5CO)O[C@@H]4CO)O[C@@H]3CO)C(=O)O. The van der Waals surface area contributed by atoms with E-state index < -0.39 is 292 Å². The molecule has 0 aliphatic carbocycles. The van der Waals surface area contributed by atoms with Gasteiger partial charge in [-0.3, -0.25) is 4.79 Å². The van der Waals surface area contributed by atoms with Crippen LogP contribution in [0, 0.1) is 0 Å². The Morgan fingerprint density at radius 1 is 0.409 bits per heavy atom. The largest absolute Gasteiger partial charge is 0.480 e. The van der Waals surface area contributed by atoms with Gasteiger partial charge in [-0.25, -0.2) is 9.78 Å². The molecule has 14 bridgehead atoms. The van der Waals surface area contributed by atoms with Crippen molar-refractivity contribution in [2.24, 2.45) is 7.05 Å². The molecular formula is C52H84N4O37. The third kappa shape index (κ3) is 15.6. The van der Waals surface area contributed by atoms with Gasteiger partial charge >= 0.3 is 5.97 Å². The van der Waals surface area contributed by atoms with E-state index in [1.807, 2.05) is 0 Å². The number of aromatic nitrogens is 2. The standard InChI is InChI=1S/C52H84N4O37/c1-56-13-53-5-14(56)4-15(45(78)79)55-23(64)2-3-54-24-25(65)46-80-16(6-57)38(24)87-47-32(72)26(66)40(18(8-59)81-47)89-49-34(74)28(68)42(20(10-61)83-49)91-51-36(76)30(70)44(22(12-63)85-51)93-52-37(77)31(71)43(21(11-62)86-52)92-50-35(75)29(69)41(19(9-60)84-50)90-48-33(73)27(67)39(88-46)17(7-58)82-48/h5,13,15-22,24-44,46-52,54,57-63,65-77H,2-4,6-12H2,1H3,(H,55,64)(H,78,79)/t15-,16+,17+,18+,19+,20+,21+,22+,24+,25+,26+,27+,28+,29+,30+,31+,32+,33+,34+,35+,36+,37+,38+,39+,40+,41+,42+,43+,44+,46+,47+,48+,49+,50+,51+,52+/m0/s1. The second-order valence-corrected chi connectivity index (χ2v) is 23.5. The predicted molar refractivity (Wildman–Crippen MR) is 285 cm³/mol. The van der Waals surface area contributed by atoms with Crippen LogP contribution in [0.2, 0.25) is 0 Å². The highest BCUT2D eigenvalue weighted by atomic mass is 16.8. The van der Waals surface area contributed by atoms with Crippen molar-refractivity contribution in [3.05, 3.63) is 18.2 Å². The van der Waals surface area contributed by atoms with Gasteiger partial charge in [-0.2, -0.15) is 0 Å². The minimum Gasteiger partial charge on any atom is -0.480 e. The van der Waals surface area contributed by atoms with E-state index in [0.29, 0.717) is 5.69 Å². The first-order chi connectivity index (χ1) is 44.3. The number of hydrogen-bond donors (Lipinski definition) is 23. The van der Waals surface area contributed by atoms with Gasteiger partial charge in [-0.05, 0) is 0 Å². The molecule has 0 unspecified atom stereocenters. The zero-order chi connectivity index (χ0) is 67.6. The molecule has 1 aromatic heterocycles. The van der Waals surface area contributed by atoms with Crippen LogP contribution in [0.25, 0.3) is 0 Å². The van der Waals surface area contributed by atoms with Crippen LogP contribution < -0.4 is 10.6 Å². The zero-order valence-corrected chi connectivity index (χ0v) is 49.3. The molecule has 21 saturated heterocycles. The Hall–Kier alpha value is -3.25. The second kappa shape index (κ2) is 32.2. The number of rotatable bonds is 15. The average molecular weight is 1360 g/mol. The summed E-state index contributed by atoms with van der Waals surface area (Å²) in [5, 5.41) is 239. The maximum atomic E-state index is 13.4. The summed E-state index contributed by atoms with van der Waals surface area (Å²) in [5.41, 5.74) is 0.440. The summed E-state index contributed by atoms with van der Waals surface area (Å²) < 4.78 is 82.9. The quantitative estimate of drug-likeness (QED) is 0.0775. The Morgan fingerprint density at radius 3 is 0.914 bits per heavy atom. The average Bonchev–Trinajstić information content (AvgIpc) is 0.831. The number of carbonyl (C=O) groups excluding carboxylic acids is 1. The molecule has 22 heterocycles. The van der Waals surface area contributed by atoms with Crippen LogP contribution >= 0.6 is 0 Å². The highest BCUT2D eigenvalue weighted by Crippen LogP contribution is 2.39. The summed E-state index contributed by atoms with van der Waals surface area (Å²) in [5.74, 6) is -2.27. The highest BCUT2D eigenvalue weighted by Gasteiger charge is 2.60. The van der Waals surface area contributed by atoms with Gasteiger partial charge in [0.15, 0.2) is 44.0 Å². The first-order valence-corrected chi connectivity index (χ1v) is 29.8. The smallest absolute Gasteiger partial charge is 0.326 e. The van der Waals surface area contributed by atoms with Crippen molar-refractivity contribution in [2.45, 2.75) is 234 Å². The minimum absolute atomic E-state index is 0.198. The minimum atomic E-state index is -2.28. The third-order valence-electron chi connectivity index (χ3n) is 17.5. The number of nitrogens with one attached hydrogen (secondary N) is 2. The number of carbonyl (C=O) groups is 2.